The highest BCUT2D eigenvalue weighted by Crippen LogP contribution is 2.11. The van der Waals surface area contributed by atoms with Gasteiger partial charge in [-0.15, -0.1) is 0 Å². The lowest BCUT2D eigenvalue weighted by Gasteiger charge is -2.06. The van der Waals surface area contributed by atoms with E-state index in [0.29, 0.717) is 17.0 Å². The van der Waals surface area contributed by atoms with Crippen molar-refractivity contribution >= 4 is 17.4 Å². The van der Waals surface area contributed by atoms with E-state index in [4.69, 9.17) is 5.73 Å². The second-order valence-electron chi connectivity index (χ2n) is 4.67. The number of nitrogens with one attached hydrogen (secondary N) is 1. The molecule has 0 aliphatic carbocycles. The molecule has 3 aromatic rings. The predicted octanol–water partition coefficient (Wildman–Crippen LogP) is 1.48. The van der Waals surface area contributed by atoms with Gasteiger partial charge in [-0.2, -0.15) is 5.10 Å². The molecule has 3 N–H and O–H groups in total. The van der Waals surface area contributed by atoms with Crippen molar-refractivity contribution in [3.8, 4) is 0 Å². The number of nitrogens with zero attached hydrogens (tertiary/aromatic N) is 3. The largest absolute Gasteiger partial charge is 0.370 e. The molecule has 0 fully saturated rings. The number of carbonyl (C=O) groups is 1. The van der Waals surface area contributed by atoms with Crippen LogP contribution in [-0.2, 0) is 6.42 Å². The first kappa shape index (κ1) is 13.1. The molecule has 0 unspecified atom stereocenters. The first-order chi connectivity index (χ1) is 10.2. The Morgan fingerprint density at radius 3 is 2.81 bits per heavy atom. The number of primary amides is 1. The van der Waals surface area contributed by atoms with Crippen molar-refractivity contribution in [2.75, 3.05) is 11.9 Å². The summed E-state index contributed by atoms with van der Waals surface area (Å²) in [5, 5.41) is 7.27. The molecule has 3 rings (SSSR count). The van der Waals surface area contributed by atoms with Crippen molar-refractivity contribution in [2.24, 2.45) is 5.73 Å². The molecule has 21 heavy (non-hydrogen) atoms. The van der Waals surface area contributed by atoms with Crippen molar-refractivity contribution < 1.29 is 4.79 Å². The number of hydrogen-bond acceptors (Lipinski definition) is 4. The van der Waals surface area contributed by atoms with Crippen LogP contribution in [0.15, 0.2) is 48.8 Å². The minimum Gasteiger partial charge on any atom is -0.370 e. The first-order valence-electron chi connectivity index (χ1n) is 6.66. The SMILES string of the molecule is NC(=O)c1cnn2ccc(NCCc3ccccc3)nc12. The molecule has 106 valence electrons. The number of fused-ring (bicyclic) bond motifs is 1. The van der Waals surface area contributed by atoms with Crippen LogP contribution in [0.3, 0.4) is 0 Å². The van der Waals surface area contributed by atoms with E-state index in [1.165, 1.54) is 16.3 Å². The zero-order chi connectivity index (χ0) is 14.7. The maximum atomic E-state index is 11.3. The molecule has 0 aliphatic rings. The molecule has 2 aromatic heterocycles. The summed E-state index contributed by atoms with van der Waals surface area (Å²) in [5.74, 6) is 0.167. The minimum atomic E-state index is -0.529. The van der Waals surface area contributed by atoms with E-state index in [9.17, 15) is 4.79 Å². The van der Waals surface area contributed by atoms with Gasteiger partial charge in [0.1, 0.15) is 11.4 Å². The fourth-order valence-corrected chi connectivity index (χ4v) is 2.12. The maximum absolute atomic E-state index is 11.3. The summed E-state index contributed by atoms with van der Waals surface area (Å²) in [5.41, 5.74) is 7.34. The van der Waals surface area contributed by atoms with E-state index in [1.54, 1.807) is 6.20 Å². The zero-order valence-corrected chi connectivity index (χ0v) is 11.4. The highest BCUT2D eigenvalue weighted by molar-refractivity contribution is 5.98. The number of amides is 1. The fraction of sp³-hybridized carbons (Fsp3) is 0.133. The summed E-state index contributed by atoms with van der Waals surface area (Å²) in [4.78, 5) is 15.7. The Bertz CT molecular complexity index is 766. The Morgan fingerprint density at radius 2 is 2.05 bits per heavy atom. The van der Waals surface area contributed by atoms with Crippen LogP contribution in [0.5, 0.6) is 0 Å². The molecule has 0 atom stereocenters. The summed E-state index contributed by atoms with van der Waals surface area (Å²) < 4.78 is 1.53. The lowest BCUT2D eigenvalue weighted by Crippen LogP contribution is -2.12. The van der Waals surface area contributed by atoms with Crippen LogP contribution in [0.4, 0.5) is 5.82 Å². The van der Waals surface area contributed by atoms with E-state index in [2.05, 4.69) is 27.5 Å². The minimum absolute atomic E-state index is 0.321. The van der Waals surface area contributed by atoms with E-state index in [1.807, 2.05) is 24.3 Å². The van der Waals surface area contributed by atoms with Gasteiger partial charge in [-0.3, -0.25) is 4.79 Å². The third-order valence-corrected chi connectivity index (χ3v) is 3.20. The number of anilines is 1. The molecule has 0 bridgehead atoms. The average molecular weight is 281 g/mol. The normalized spacial score (nSPS) is 10.7. The molecular formula is C15H15N5O. The third kappa shape index (κ3) is 2.84. The monoisotopic (exact) mass is 281 g/mol. The average Bonchev–Trinajstić information content (AvgIpc) is 2.92. The van der Waals surface area contributed by atoms with E-state index < -0.39 is 5.91 Å². The van der Waals surface area contributed by atoms with Gasteiger partial charge in [0.25, 0.3) is 5.91 Å². The molecule has 2 heterocycles. The smallest absolute Gasteiger partial charge is 0.254 e. The van der Waals surface area contributed by atoms with Gasteiger partial charge in [0.15, 0.2) is 5.65 Å². The number of carbonyl (C=O) groups excluding carboxylic acids is 1. The Labute approximate surface area is 121 Å². The maximum Gasteiger partial charge on any atom is 0.254 e. The van der Waals surface area contributed by atoms with Crippen LogP contribution in [0, 0.1) is 0 Å². The molecule has 0 radical (unpaired) electrons. The summed E-state index contributed by atoms with van der Waals surface area (Å²) in [6.07, 6.45) is 4.08. The highest BCUT2D eigenvalue weighted by atomic mass is 16.1. The van der Waals surface area contributed by atoms with Gasteiger partial charge in [0.2, 0.25) is 0 Å². The molecule has 0 saturated carbocycles. The van der Waals surface area contributed by atoms with Crippen LogP contribution in [-0.4, -0.2) is 27.0 Å². The standard InChI is InChI=1S/C15H15N5O/c16-14(21)12-10-18-20-9-7-13(19-15(12)20)17-8-6-11-4-2-1-3-5-11/h1-5,7,9-10H,6,8H2,(H2,16,21)(H,17,19). The van der Waals surface area contributed by atoms with Crippen LogP contribution in [0.1, 0.15) is 15.9 Å². The quantitative estimate of drug-likeness (QED) is 0.742. The number of aromatic nitrogens is 3. The Hall–Kier alpha value is -2.89. The van der Waals surface area contributed by atoms with Crippen molar-refractivity contribution in [1.29, 1.82) is 0 Å². The van der Waals surface area contributed by atoms with Gasteiger partial charge in [-0.05, 0) is 18.1 Å². The molecule has 6 nitrogen and oxygen atoms in total. The predicted molar refractivity (Wildman–Crippen MR) is 80.1 cm³/mol. The molecule has 0 spiro atoms. The summed E-state index contributed by atoms with van der Waals surface area (Å²) in [6, 6.07) is 12.0. The van der Waals surface area contributed by atoms with Crippen molar-refractivity contribution in [3.05, 3.63) is 59.9 Å². The molecule has 1 aromatic carbocycles. The molecular weight excluding hydrogens is 266 g/mol. The molecule has 6 heteroatoms. The van der Waals surface area contributed by atoms with Crippen LogP contribution in [0.25, 0.3) is 5.65 Å². The topological polar surface area (TPSA) is 85.3 Å². The Kier molecular flexibility index (Phi) is 3.51. The Morgan fingerprint density at radius 1 is 1.24 bits per heavy atom. The summed E-state index contributed by atoms with van der Waals surface area (Å²) >= 11 is 0. The second-order valence-corrected chi connectivity index (χ2v) is 4.67. The third-order valence-electron chi connectivity index (χ3n) is 3.20. The van der Waals surface area contributed by atoms with Gasteiger partial charge in [-0.25, -0.2) is 9.50 Å². The molecule has 0 saturated heterocycles. The van der Waals surface area contributed by atoms with Crippen molar-refractivity contribution in [2.45, 2.75) is 6.42 Å². The molecule has 1 amide bonds. The number of benzene rings is 1. The highest BCUT2D eigenvalue weighted by Gasteiger charge is 2.10. The second kappa shape index (κ2) is 5.62. The number of rotatable bonds is 5. The van der Waals surface area contributed by atoms with Crippen LogP contribution in [0.2, 0.25) is 0 Å². The number of nitrogens with two attached hydrogens (primary N) is 1. The van der Waals surface area contributed by atoms with Gasteiger partial charge >= 0.3 is 0 Å². The van der Waals surface area contributed by atoms with E-state index >= 15 is 0 Å². The first-order valence-corrected chi connectivity index (χ1v) is 6.66. The fourth-order valence-electron chi connectivity index (χ4n) is 2.12. The van der Waals surface area contributed by atoms with Crippen molar-refractivity contribution in [3.63, 3.8) is 0 Å². The summed E-state index contributed by atoms with van der Waals surface area (Å²) in [7, 11) is 0. The van der Waals surface area contributed by atoms with Gasteiger partial charge < -0.3 is 11.1 Å². The van der Waals surface area contributed by atoms with Crippen LogP contribution < -0.4 is 11.1 Å². The summed E-state index contributed by atoms with van der Waals surface area (Å²) in [6.45, 7) is 0.757. The molecule has 0 aliphatic heterocycles. The lowest BCUT2D eigenvalue weighted by atomic mass is 10.1. The van der Waals surface area contributed by atoms with E-state index in [-0.39, 0.29) is 0 Å². The lowest BCUT2D eigenvalue weighted by molar-refractivity contribution is 0.100. The van der Waals surface area contributed by atoms with E-state index in [0.717, 1.165) is 13.0 Å². The van der Waals surface area contributed by atoms with Gasteiger partial charge in [-0.1, -0.05) is 30.3 Å². The Balaban J connectivity index is 1.72. The number of hydrogen-bond donors (Lipinski definition) is 2. The zero-order valence-electron chi connectivity index (χ0n) is 11.4. The van der Waals surface area contributed by atoms with Crippen LogP contribution >= 0.6 is 0 Å². The van der Waals surface area contributed by atoms with Crippen molar-refractivity contribution in [1.82, 2.24) is 14.6 Å². The van der Waals surface area contributed by atoms with Gasteiger partial charge in [0, 0.05) is 12.7 Å². The van der Waals surface area contributed by atoms with Gasteiger partial charge in [0.05, 0.1) is 6.20 Å².